The number of fused-ring (bicyclic) bond motifs is 2. The molecule has 0 spiro atoms. The van der Waals surface area contributed by atoms with E-state index in [-0.39, 0.29) is 43.8 Å². The zero-order chi connectivity index (χ0) is 20.6. The van der Waals surface area contributed by atoms with Gasteiger partial charge in [-0.2, -0.15) is 0 Å². The zero-order valence-electron chi connectivity index (χ0n) is 18.2. The number of hydrogen-bond acceptors (Lipinski definition) is 5. The number of nitrogens with one attached hydrogen (secondary N) is 1. The average Bonchev–Trinajstić information content (AvgIpc) is 3.48. The number of ether oxygens (including phenoxy) is 3. The second-order valence-electron chi connectivity index (χ2n) is 8.54. The van der Waals surface area contributed by atoms with Crippen molar-refractivity contribution in [3.63, 3.8) is 0 Å². The van der Waals surface area contributed by atoms with E-state index in [1.807, 2.05) is 6.07 Å². The Morgan fingerprint density at radius 2 is 1.52 bits per heavy atom. The van der Waals surface area contributed by atoms with E-state index in [0.29, 0.717) is 0 Å². The minimum Gasteiger partial charge on any atom is -0.454 e. The Morgan fingerprint density at radius 1 is 0.758 bits per heavy atom. The monoisotopic (exact) mass is 486 g/mol. The Balaban J connectivity index is 0.00000130. The van der Waals surface area contributed by atoms with Gasteiger partial charge in [-0.05, 0) is 39.9 Å². The third kappa shape index (κ3) is 4.98. The maximum atomic E-state index is 6.61. The highest BCUT2D eigenvalue weighted by molar-refractivity contribution is 5.85. The molecule has 0 aliphatic carbocycles. The maximum absolute atomic E-state index is 6.61. The largest absolute Gasteiger partial charge is 0.454 e. The topological polar surface area (TPSA) is 43.0 Å². The Morgan fingerprint density at radius 3 is 2.36 bits per heavy atom. The molecular weight excluding hydrogens is 459 g/mol. The average molecular weight is 487 g/mol. The summed E-state index contributed by atoms with van der Waals surface area (Å²) in [5.41, 5.74) is 6.56. The van der Waals surface area contributed by atoms with Crippen LogP contribution >= 0.6 is 24.8 Å². The summed E-state index contributed by atoms with van der Waals surface area (Å²) in [5.74, 6) is 1.61. The van der Waals surface area contributed by atoms with Gasteiger partial charge in [-0.25, -0.2) is 0 Å². The molecule has 0 unspecified atom stereocenters. The minimum absolute atomic E-state index is 0. The van der Waals surface area contributed by atoms with Crippen molar-refractivity contribution in [3.05, 3.63) is 94.5 Å². The summed E-state index contributed by atoms with van der Waals surface area (Å²) >= 11 is 0. The van der Waals surface area contributed by atoms with Crippen LogP contribution in [0.3, 0.4) is 0 Å². The first-order valence-electron chi connectivity index (χ1n) is 11.0. The van der Waals surface area contributed by atoms with Gasteiger partial charge in [0.2, 0.25) is 6.79 Å². The maximum Gasteiger partial charge on any atom is 0.231 e. The molecule has 3 aromatic carbocycles. The van der Waals surface area contributed by atoms with Crippen LogP contribution in [-0.2, 0) is 24.4 Å². The molecule has 3 heterocycles. The van der Waals surface area contributed by atoms with Crippen molar-refractivity contribution in [1.29, 1.82) is 0 Å². The number of halogens is 2. The molecule has 0 radical (unpaired) electrons. The molecule has 7 heteroatoms. The van der Waals surface area contributed by atoms with Crippen molar-refractivity contribution in [2.24, 2.45) is 0 Å². The Labute approximate surface area is 206 Å². The standard InChI is InChI=1S/C26H26N2O3.2ClH/c1-2-4-19(5-3-1)25-15-28(14-18-6-7-21-12-27-13-22(21)10-18)16-26(31-25)20-8-9-23-24(11-20)30-17-29-23;;/h1-11,25-27H,12-17H2;2*1H/t25-,26+;;/m0../s1. The van der Waals surface area contributed by atoms with Gasteiger partial charge in [0, 0.05) is 32.7 Å². The predicted molar refractivity (Wildman–Crippen MR) is 132 cm³/mol. The van der Waals surface area contributed by atoms with Crippen molar-refractivity contribution in [3.8, 4) is 11.5 Å². The third-order valence-electron chi connectivity index (χ3n) is 6.42. The van der Waals surface area contributed by atoms with E-state index in [0.717, 1.165) is 49.8 Å². The van der Waals surface area contributed by atoms with Gasteiger partial charge in [0.05, 0.1) is 12.2 Å². The molecule has 3 aromatic rings. The van der Waals surface area contributed by atoms with Gasteiger partial charge in [0.1, 0.15) is 0 Å². The molecule has 5 nitrogen and oxygen atoms in total. The van der Waals surface area contributed by atoms with Crippen molar-refractivity contribution >= 4 is 24.8 Å². The van der Waals surface area contributed by atoms with E-state index in [4.69, 9.17) is 14.2 Å². The van der Waals surface area contributed by atoms with Crippen LogP contribution in [0.25, 0.3) is 0 Å². The first-order chi connectivity index (χ1) is 15.3. The third-order valence-corrected chi connectivity index (χ3v) is 6.42. The Hall–Kier alpha value is -2.28. The summed E-state index contributed by atoms with van der Waals surface area (Å²) in [6, 6.07) is 23.6. The number of benzene rings is 3. The highest BCUT2D eigenvalue weighted by Crippen LogP contribution is 2.39. The Bertz CT molecular complexity index is 1100. The summed E-state index contributed by atoms with van der Waals surface area (Å²) in [5, 5.41) is 3.44. The number of rotatable bonds is 4. The molecule has 1 N–H and O–H groups in total. The van der Waals surface area contributed by atoms with Crippen molar-refractivity contribution in [2.75, 3.05) is 19.9 Å². The molecule has 0 saturated carbocycles. The number of hydrogen-bond donors (Lipinski definition) is 1. The van der Waals surface area contributed by atoms with Crippen LogP contribution in [0.15, 0.2) is 66.7 Å². The normalized spacial score (nSPS) is 21.1. The molecule has 0 aromatic heterocycles. The van der Waals surface area contributed by atoms with Gasteiger partial charge in [-0.3, -0.25) is 4.90 Å². The lowest BCUT2D eigenvalue weighted by Gasteiger charge is -2.38. The van der Waals surface area contributed by atoms with Gasteiger partial charge in [0.25, 0.3) is 0 Å². The van der Waals surface area contributed by atoms with Crippen LogP contribution in [0.2, 0.25) is 0 Å². The molecule has 1 fully saturated rings. The van der Waals surface area contributed by atoms with Gasteiger partial charge >= 0.3 is 0 Å². The van der Waals surface area contributed by atoms with E-state index < -0.39 is 0 Å². The van der Waals surface area contributed by atoms with Crippen LogP contribution in [0.4, 0.5) is 0 Å². The van der Waals surface area contributed by atoms with Gasteiger partial charge in [0.15, 0.2) is 11.5 Å². The lowest BCUT2D eigenvalue weighted by atomic mass is 10.0. The number of nitrogens with zero attached hydrogens (tertiary/aromatic N) is 1. The lowest BCUT2D eigenvalue weighted by molar-refractivity contribution is -0.0922. The fraction of sp³-hybridized carbons (Fsp3) is 0.308. The first-order valence-corrected chi connectivity index (χ1v) is 11.0. The quantitative estimate of drug-likeness (QED) is 0.550. The molecule has 0 amide bonds. The molecule has 2 atom stereocenters. The van der Waals surface area contributed by atoms with Crippen molar-refractivity contribution in [1.82, 2.24) is 10.2 Å². The molecule has 3 aliphatic heterocycles. The van der Waals surface area contributed by atoms with Crippen LogP contribution in [0.5, 0.6) is 11.5 Å². The first kappa shape index (κ1) is 23.9. The van der Waals surface area contributed by atoms with E-state index in [2.05, 4.69) is 70.9 Å². The summed E-state index contributed by atoms with van der Waals surface area (Å²) in [4.78, 5) is 2.51. The zero-order valence-corrected chi connectivity index (χ0v) is 19.9. The molecule has 6 rings (SSSR count). The second kappa shape index (κ2) is 10.3. The van der Waals surface area contributed by atoms with E-state index in [9.17, 15) is 0 Å². The predicted octanol–water partition coefficient (Wildman–Crippen LogP) is 5.18. The molecular formula is C26H28Cl2N2O3. The minimum atomic E-state index is -0.0236. The van der Waals surface area contributed by atoms with E-state index in [1.165, 1.54) is 22.3 Å². The van der Waals surface area contributed by atoms with Gasteiger partial charge in [-0.1, -0.05) is 54.6 Å². The fourth-order valence-electron chi connectivity index (χ4n) is 4.81. The van der Waals surface area contributed by atoms with E-state index in [1.54, 1.807) is 0 Å². The fourth-order valence-corrected chi connectivity index (χ4v) is 4.81. The molecule has 3 aliphatic rings. The highest BCUT2D eigenvalue weighted by atomic mass is 35.5. The summed E-state index contributed by atoms with van der Waals surface area (Å²) in [7, 11) is 0. The molecule has 33 heavy (non-hydrogen) atoms. The second-order valence-corrected chi connectivity index (χ2v) is 8.54. The van der Waals surface area contributed by atoms with Gasteiger partial charge < -0.3 is 19.5 Å². The molecule has 0 bridgehead atoms. The van der Waals surface area contributed by atoms with Gasteiger partial charge in [-0.15, -0.1) is 24.8 Å². The van der Waals surface area contributed by atoms with Crippen LogP contribution in [-0.4, -0.2) is 24.8 Å². The Kier molecular flexibility index (Phi) is 7.47. The lowest BCUT2D eigenvalue weighted by Crippen LogP contribution is -2.39. The van der Waals surface area contributed by atoms with Crippen LogP contribution in [0.1, 0.15) is 40.0 Å². The van der Waals surface area contributed by atoms with Crippen LogP contribution in [0, 0.1) is 0 Å². The van der Waals surface area contributed by atoms with Crippen LogP contribution < -0.4 is 14.8 Å². The molecule has 1 saturated heterocycles. The van der Waals surface area contributed by atoms with E-state index >= 15 is 0 Å². The molecule has 174 valence electrons. The number of morpholine rings is 1. The highest BCUT2D eigenvalue weighted by Gasteiger charge is 2.31. The van der Waals surface area contributed by atoms with Crippen molar-refractivity contribution < 1.29 is 14.2 Å². The van der Waals surface area contributed by atoms with Crippen molar-refractivity contribution in [2.45, 2.75) is 31.8 Å². The SMILES string of the molecule is Cl.Cl.c1ccc([C@@H]2CN(Cc3ccc4c(c3)CNC4)C[C@H](c3ccc4c(c3)OCO4)O2)cc1. The summed E-state index contributed by atoms with van der Waals surface area (Å²) in [6.45, 7) is 4.88. The summed E-state index contributed by atoms with van der Waals surface area (Å²) < 4.78 is 17.7. The summed E-state index contributed by atoms with van der Waals surface area (Å²) in [6.07, 6.45) is 0.00557. The smallest absolute Gasteiger partial charge is 0.231 e.